The summed E-state index contributed by atoms with van der Waals surface area (Å²) in [4.78, 5) is 23.9. The van der Waals surface area contributed by atoms with E-state index in [0.717, 1.165) is 81.1 Å². The summed E-state index contributed by atoms with van der Waals surface area (Å²) in [7, 11) is 0. The van der Waals surface area contributed by atoms with E-state index < -0.39 is 0 Å². The molecule has 0 aliphatic heterocycles. The van der Waals surface area contributed by atoms with Crippen molar-refractivity contribution in [2.45, 2.75) is 104 Å². The number of carbonyl (C=O) groups is 2. The lowest BCUT2D eigenvalue weighted by Gasteiger charge is -2.24. The van der Waals surface area contributed by atoms with Crippen LogP contribution in [0.1, 0.15) is 113 Å². The number of hydrogen-bond donors (Lipinski definition) is 0. The van der Waals surface area contributed by atoms with Gasteiger partial charge in [0.25, 0.3) is 0 Å². The zero-order valence-corrected chi connectivity index (χ0v) is 22.2. The molecule has 0 N–H and O–H groups in total. The lowest BCUT2D eigenvalue weighted by molar-refractivity contribution is 0.110. The Morgan fingerprint density at radius 1 is 0.788 bits per heavy atom. The largest absolute Gasteiger partial charge is 0.489 e. The summed E-state index contributed by atoms with van der Waals surface area (Å²) in [5.41, 5.74) is 1.01. The topological polar surface area (TPSA) is 52.6 Å². The Balaban J connectivity index is 2.54. The van der Waals surface area contributed by atoms with Crippen molar-refractivity contribution in [2.24, 2.45) is 0 Å². The van der Waals surface area contributed by atoms with Gasteiger partial charge in [-0.2, -0.15) is 0 Å². The van der Waals surface area contributed by atoms with Gasteiger partial charge in [-0.05, 0) is 72.7 Å². The van der Waals surface area contributed by atoms with Crippen molar-refractivity contribution in [2.75, 3.05) is 0 Å². The fourth-order valence-corrected chi connectivity index (χ4v) is 4.65. The molecule has 0 amide bonds. The number of hydrogen-bond acceptors (Lipinski definition) is 4. The van der Waals surface area contributed by atoms with Crippen LogP contribution >= 0.6 is 15.9 Å². The first-order valence-electron chi connectivity index (χ1n) is 12.6. The molecular formula is C28H39BrO4. The first-order chi connectivity index (χ1) is 16.0. The van der Waals surface area contributed by atoms with Crippen LogP contribution in [0.3, 0.4) is 0 Å². The molecule has 0 bridgehead atoms. The van der Waals surface area contributed by atoms with Gasteiger partial charge in [0.15, 0.2) is 12.6 Å². The quantitative estimate of drug-likeness (QED) is 0.164. The number of benzene rings is 2. The number of unbranched alkanes of at least 4 members (excludes halogenated alkanes) is 4. The van der Waals surface area contributed by atoms with Crippen molar-refractivity contribution in [3.05, 3.63) is 33.8 Å². The summed E-state index contributed by atoms with van der Waals surface area (Å²) in [5, 5.41) is 1.60. The third kappa shape index (κ3) is 7.30. The Labute approximate surface area is 207 Å². The van der Waals surface area contributed by atoms with Crippen LogP contribution < -0.4 is 9.47 Å². The highest BCUT2D eigenvalue weighted by atomic mass is 79.9. The molecule has 0 spiro atoms. The minimum atomic E-state index is 0.0281. The van der Waals surface area contributed by atoms with E-state index in [4.69, 9.17) is 9.47 Å². The van der Waals surface area contributed by atoms with E-state index in [1.54, 1.807) is 6.07 Å². The predicted octanol–water partition coefficient (Wildman–Crippen LogP) is 8.70. The summed E-state index contributed by atoms with van der Waals surface area (Å²) in [5.74, 6) is 1.15. The van der Waals surface area contributed by atoms with Crippen LogP contribution in [0.25, 0.3) is 10.8 Å². The van der Waals surface area contributed by atoms with Crippen LogP contribution in [0.2, 0.25) is 0 Å². The van der Waals surface area contributed by atoms with Gasteiger partial charge in [-0.3, -0.25) is 9.59 Å². The normalized spacial score (nSPS) is 13.0. The molecule has 2 unspecified atom stereocenters. The van der Waals surface area contributed by atoms with E-state index in [1.165, 1.54) is 6.42 Å². The zero-order valence-electron chi connectivity index (χ0n) is 20.6. The summed E-state index contributed by atoms with van der Waals surface area (Å²) in [6.07, 6.45) is 12.2. The first-order valence-corrected chi connectivity index (χ1v) is 13.4. The lowest BCUT2D eigenvalue weighted by atomic mass is 10.0. The Bertz CT molecular complexity index is 909. The highest BCUT2D eigenvalue weighted by Crippen LogP contribution is 2.41. The summed E-state index contributed by atoms with van der Waals surface area (Å²) >= 11 is 3.56. The van der Waals surface area contributed by atoms with Gasteiger partial charge >= 0.3 is 0 Å². The van der Waals surface area contributed by atoms with Crippen LogP contribution in [-0.4, -0.2) is 24.8 Å². The summed E-state index contributed by atoms with van der Waals surface area (Å²) < 4.78 is 13.6. The maximum atomic E-state index is 12.0. The second kappa shape index (κ2) is 14.4. The molecule has 0 saturated heterocycles. The maximum absolute atomic E-state index is 12.0. The molecule has 0 heterocycles. The average Bonchev–Trinajstić information content (AvgIpc) is 2.82. The van der Waals surface area contributed by atoms with Gasteiger partial charge in [0.2, 0.25) is 0 Å². The third-order valence-electron chi connectivity index (χ3n) is 6.23. The van der Waals surface area contributed by atoms with Crippen molar-refractivity contribution in [1.82, 2.24) is 0 Å². The smallest absolute Gasteiger partial charge is 0.154 e. The van der Waals surface area contributed by atoms with Gasteiger partial charge in [0.05, 0.1) is 23.3 Å². The molecule has 4 nitrogen and oxygen atoms in total. The van der Waals surface area contributed by atoms with Crippen molar-refractivity contribution in [3.63, 3.8) is 0 Å². The monoisotopic (exact) mass is 518 g/mol. The van der Waals surface area contributed by atoms with Crippen LogP contribution in [0.5, 0.6) is 11.5 Å². The van der Waals surface area contributed by atoms with Gasteiger partial charge in [0.1, 0.15) is 11.5 Å². The van der Waals surface area contributed by atoms with Gasteiger partial charge in [-0.25, -0.2) is 0 Å². The zero-order chi connectivity index (χ0) is 24.2. The molecule has 0 aromatic heterocycles. The van der Waals surface area contributed by atoms with Gasteiger partial charge in [-0.1, -0.05) is 53.4 Å². The molecule has 0 aliphatic rings. The van der Waals surface area contributed by atoms with E-state index in [0.29, 0.717) is 27.1 Å². The van der Waals surface area contributed by atoms with E-state index in [-0.39, 0.29) is 12.2 Å². The molecule has 0 saturated carbocycles. The standard InChI is InChI=1S/C28H39BrO4/c1-5-9-11-13-21(7-3)32-27-20(18-30)15-16-23-24(27)17-26(29)25(19-31)28(23)33-22(8-4)14-12-10-6-2/h15-19,21-22H,5-14H2,1-4H3. The minimum absolute atomic E-state index is 0.0281. The van der Waals surface area contributed by atoms with Gasteiger partial charge in [-0.15, -0.1) is 0 Å². The number of carbonyl (C=O) groups excluding carboxylic acids is 2. The van der Waals surface area contributed by atoms with Crippen molar-refractivity contribution in [1.29, 1.82) is 0 Å². The van der Waals surface area contributed by atoms with Crippen molar-refractivity contribution >= 4 is 39.3 Å². The minimum Gasteiger partial charge on any atom is -0.489 e. The molecule has 0 fully saturated rings. The van der Waals surface area contributed by atoms with Gasteiger partial charge < -0.3 is 9.47 Å². The Morgan fingerprint density at radius 2 is 1.36 bits per heavy atom. The molecule has 2 aromatic rings. The molecule has 2 aromatic carbocycles. The fraction of sp³-hybridized carbons (Fsp3) is 0.571. The molecular weight excluding hydrogens is 480 g/mol. The van der Waals surface area contributed by atoms with Crippen LogP contribution in [0.15, 0.2) is 22.7 Å². The number of halogens is 1. The summed E-state index contributed by atoms with van der Waals surface area (Å²) in [6, 6.07) is 5.53. The second-order valence-electron chi connectivity index (χ2n) is 8.70. The lowest BCUT2D eigenvalue weighted by Crippen LogP contribution is -2.18. The third-order valence-corrected chi connectivity index (χ3v) is 6.88. The first kappa shape index (κ1) is 27.4. The Morgan fingerprint density at radius 3 is 1.85 bits per heavy atom. The summed E-state index contributed by atoms with van der Waals surface area (Å²) in [6.45, 7) is 8.59. The number of aldehydes is 2. The fourth-order valence-electron chi connectivity index (χ4n) is 4.15. The highest BCUT2D eigenvalue weighted by Gasteiger charge is 2.22. The van der Waals surface area contributed by atoms with Crippen LogP contribution in [-0.2, 0) is 0 Å². The van der Waals surface area contributed by atoms with E-state index in [1.807, 2.05) is 12.1 Å². The SMILES string of the molecule is CCCCCC(CC)Oc1c(C=O)ccc2c(OC(CC)CCCCC)c(C=O)c(Br)cc12. The molecule has 2 atom stereocenters. The number of ether oxygens (including phenoxy) is 2. The van der Waals surface area contributed by atoms with Crippen LogP contribution in [0, 0.1) is 0 Å². The molecule has 182 valence electrons. The molecule has 0 radical (unpaired) electrons. The number of rotatable bonds is 16. The predicted molar refractivity (Wildman–Crippen MR) is 140 cm³/mol. The van der Waals surface area contributed by atoms with Crippen LogP contribution in [0.4, 0.5) is 0 Å². The van der Waals surface area contributed by atoms with Crippen molar-refractivity contribution < 1.29 is 19.1 Å². The second-order valence-corrected chi connectivity index (χ2v) is 9.56. The van der Waals surface area contributed by atoms with E-state index in [9.17, 15) is 9.59 Å². The maximum Gasteiger partial charge on any atom is 0.154 e. The molecule has 5 heteroatoms. The number of fused-ring (bicyclic) bond motifs is 1. The van der Waals surface area contributed by atoms with E-state index >= 15 is 0 Å². The molecule has 2 rings (SSSR count). The molecule has 0 aliphatic carbocycles. The van der Waals surface area contributed by atoms with Crippen molar-refractivity contribution in [3.8, 4) is 11.5 Å². The average molecular weight is 520 g/mol. The van der Waals surface area contributed by atoms with Gasteiger partial charge in [0, 0.05) is 15.2 Å². The van der Waals surface area contributed by atoms with E-state index in [2.05, 4.69) is 43.6 Å². The molecule has 33 heavy (non-hydrogen) atoms. The highest BCUT2D eigenvalue weighted by molar-refractivity contribution is 9.10. The Hall–Kier alpha value is -1.88. The Kier molecular flexibility index (Phi) is 11.9.